The molecule has 1 saturated heterocycles. The summed E-state index contributed by atoms with van der Waals surface area (Å²) in [6.45, 7) is 5.43. The lowest BCUT2D eigenvalue weighted by atomic mass is 10.1. The first kappa shape index (κ1) is 25.0. The second-order valence-electron chi connectivity index (χ2n) is 8.84. The zero-order valence-corrected chi connectivity index (χ0v) is 20.2. The molecule has 1 aliphatic heterocycles. The number of hydrogen-bond acceptors (Lipinski definition) is 7. The molecule has 0 saturated carbocycles. The Kier molecular flexibility index (Phi) is 8.22. The van der Waals surface area contributed by atoms with E-state index in [-0.39, 0.29) is 19.0 Å². The Morgan fingerprint density at radius 3 is 2.71 bits per heavy atom. The van der Waals surface area contributed by atoms with Gasteiger partial charge in [-0.2, -0.15) is 5.10 Å². The molecule has 0 spiro atoms. The molecule has 0 bridgehead atoms. The highest BCUT2D eigenvalue weighted by Gasteiger charge is 2.33. The van der Waals surface area contributed by atoms with Crippen molar-refractivity contribution in [2.75, 3.05) is 46.6 Å². The molecule has 1 aliphatic rings. The van der Waals surface area contributed by atoms with Crippen molar-refractivity contribution in [1.29, 1.82) is 0 Å². The summed E-state index contributed by atoms with van der Waals surface area (Å²) in [6, 6.07) is 11.6. The molecule has 1 aromatic heterocycles. The van der Waals surface area contributed by atoms with Gasteiger partial charge in [0, 0.05) is 25.8 Å². The van der Waals surface area contributed by atoms with Crippen molar-refractivity contribution in [2.45, 2.75) is 25.6 Å². The fraction of sp³-hybridized carbons (Fsp3) is 0.423. The number of rotatable bonds is 10. The fourth-order valence-corrected chi connectivity index (χ4v) is 4.00. The SMILES string of the molecule is COc1ccc(CN2CCOCC(O)(COc3ccc(F)cc3)C2)cc1OCCn1cc(C)cn1. The topological polar surface area (TPSA) is 78.2 Å². The number of nitrogens with zero attached hydrogens (tertiary/aromatic N) is 3. The Morgan fingerprint density at radius 2 is 1.97 bits per heavy atom. The molecule has 0 aliphatic carbocycles. The van der Waals surface area contributed by atoms with Gasteiger partial charge in [-0.25, -0.2) is 4.39 Å². The summed E-state index contributed by atoms with van der Waals surface area (Å²) in [4.78, 5) is 2.12. The van der Waals surface area contributed by atoms with Crippen LogP contribution in [0.15, 0.2) is 54.9 Å². The number of hydrogen-bond donors (Lipinski definition) is 1. The smallest absolute Gasteiger partial charge is 0.161 e. The third kappa shape index (κ3) is 7.17. The summed E-state index contributed by atoms with van der Waals surface area (Å²) in [7, 11) is 1.62. The molecule has 35 heavy (non-hydrogen) atoms. The Morgan fingerprint density at radius 1 is 1.14 bits per heavy atom. The van der Waals surface area contributed by atoms with Crippen LogP contribution in [0.2, 0.25) is 0 Å². The highest BCUT2D eigenvalue weighted by atomic mass is 19.1. The van der Waals surface area contributed by atoms with Gasteiger partial charge >= 0.3 is 0 Å². The van der Waals surface area contributed by atoms with E-state index in [1.807, 2.05) is 42.2 Å². The molecule has 1 unspecified atom stereocenters. The van der Waals surface area contributed by atoms with Crippen molar-refractivity contribution in [3.8, 4) is 17.2 Å². The first-order valence-electron chi connectivity index (χ1n) is 11.6. The van der Waals surface area contributed by atoms with E-state index in [1.54, 1.807) is 19.2 Å². The number of β-amino-alcohol motifs (C(OH)–C–C–N with tert-alkyl or cyclic N) is 1. The van der Waals surface area contributed by atoms with Gasteiger partial charge in [0.25, 0.3) is 0 Å². The van der Waals surface area contributed by atoms with Crippen LogP contribution in [0.5, 0.6) is 17.2 Å². The first-order valence-corrected chi connectivity index (χ1v) is 11.6. The molecule has 1 atom stereocenters. The summed E-state index contributed by atoms with van der Waals surface area (Å²) in [5.41, 5.74) is 0.937. The highest BCUT2D eigenvalue weighted by Crippen LogP contribution is 2.29. The number of aryl methyl sites for hydroxylation is 1. The van der Waals surface area contributed by atoms with Crippen LogP contribution in [0.3, 0.4) is 0 Å². The number of ether oxygens (including phenoxy) is 4. The largest absolute Gasteiger partial charge is 0.493 e. The van der Waals surface area contributed by atoms with E-state index in [4.69, 9.17) is 18.9 Å². The lowest BCUT2D eigenvalue weighted by molar-refractivity contribution is -0.0646. The molecule has 0 amide bonds. The van der Waals surface area contributed by atoms with Crippen LogP contribution >= 0.6 is 0 Å². The van der Waals surface area contributed by atoms with Crippen molar-refractivity contribution in [3.05, 3.63) is 71.8 Å². The van der Waals surface area contributed by atoms with E-state index in [1.165, 1.54) is 12.1 Å². The minimum atomic E-state index is -1.20. The van der Waals surface area contributed by atoms with Crippen LogP contribution in [0.4, 0.5) is 4.39 Å². The minimum absolute atomic E-state index is 0.0407. The van der Waals surface area contributed by atoms with Gasteiger partial charge in [0.2, 0.25) is 0 Å². The second-order valence-corrected chi connectivity index (χ2v) is 8.84. The zero-order valence-electron chi connectivity index (χ0n) is 20.2. The number of aromatic nitrogens is 2. The maximum absolute atomic E-state index is 13.1. The van der Waals surface area contributed by atoms with Crippen LogP contribution in [-0.4, -0.2) is 72.0 Å². The Bertz CT molecular complexity index is 1090. The standard InChI is InChI=1S/C26H32FN3O5/c1-20-14-28-30(15-20)10-12-34-25-13-21(3-8-24(25)32-2)16-29-9-11-33-18-26(31,17-29)19-35-23-6-4-22(27)5-7-23/h3-8,13-15,31H,9-12,16-19H2,1-2H3. The quantitative estimate of drug-likeness (QED) is 0.473. The van der Waals surface area contributed by atoms with Crippen molar-refractivity contribution in [2.24, 2.45) is 0 Å². The van der Waals surface area contributed by atoms with Crippen LogP contribution < -0.4 is 14.2 Å². The summed E-state index contributed by atoms with van der Waals surface area (Å²) in [5, 5.41) is 15.4. The van der Waals surface area contributed by atoms with Gasteiger partial charge in [0.15, 0.2) is 11.5 Å². The van der Waals surface area contributed by atoms with E-state index in [0.29, 0.717) is 56.6 Å². The monoisotopic (exact) mass is 485 g/mol. The van der Waals surface area contributed by atoms with Gasteiger partial charge in [0.05, 0.1) is 33.1 Å². The first-order chi connectivity index (χ1) is 16.9. The number of benzene rings is 2. The molecule has 0 radical (unpaired) electrons. The number of halogens is 1. The average Bonchev–Trinajstić information content (AvgIpc) is 3.17. The number of methoxy groups -OCH3 is 1. The van der Waals surface area contributed by atoms with E-state index < -0.39 is 5.60 Å². The van der Waals surface area contributed by atoms with E-state index in [0.717, 1.165) is 11.1 Å². The third-order valence-electron chi connectivity index (χ3n) is 5.74. The van der Waals surface area contributed by atoms with E-state index >= 15 is 0 Å². The lowest BCUT2D eigenvalue weighted by Crippen LogP contribution is -2.48. The summed E-state index contributed by atoms with van der Waals surface area (Å²) < 4.78 is 37.8. The maximum atomic E-state index is 13.1. The predicted molar refractivity (Wildman–Crippen MR) is 128 cm³/mol. The predicted octanol–water partition coefficient (Wildman–Crippen LogP) is 3.06. The molecule has 8 nitrogen and oxygen atoms in total. The third-order valence-corrected chi connectivity index (χ3v) is 5.74. The maximum Gasteiger partial charge on any atom is 0.161 e. The average molecular weight is 486 g/mol. The van der Waals surface area contributed by atoms with Gasteiger partial charge in [-0.3, -0.25) is 9.58 Å². The van der Waals surface area contributed by atoms with Gasteiger partial charge in [-0.15, -0.1) is 0 Å². The molecule has 2 aromatic carbocycles. The molecular weight excluding hydrogens is 453 g/mol. The van der Waals surface area contributed by atoms with Crippen LogP contribution in [-0.2, 0) is 17.8 Å². The Labute approximate surface area is 204 Å². The van der Waals surface area contributed by atoms with E-state index in [2.05, 4.69) is 10.00 Å². The summed E-state index contributed by atoms with van der Waals surface area (Å²) >= 11 is 0. The van der Waals surface area contributed by atoms with Crippen molar-refractivity contribution >= 4 is 0 Å². The molecule has 1 fully saturated rings. The van der Waals surface area contributed by atoms with Crippen LogP contribution in [0, 0.1) is 12.7 Å². The molecule has 2 heterocycles. The van der Waals surface area contributed by atoms with E-state index in [9.17, 15) is 9.50 Å². The Hall–Kier alpha value is -3.14. The second kappa shape index (κ2) is 11.5. The van der Waals surface area contributed by atoms with Gasteiger partial charge in [-0.1, -0.05) is 6.07 Å². The van der Waals surface area contributed by atoms with Gasteiger partial charge in [-0.05, 0) is 54.4 Å². The summed E-state index contributed by atoms with van der Waals surface area (Å²) in [5.74, 6) is 1.49. The molecule has 3 aromatic rings. The fourth-order valence-electron chi connectivity index (χ4n) is 4.00. The zero-order chi connectivity index (χ0) is 24.7. The summed E-state index contributed by atoms with van der Waals surface area (Å²) in [6.07, 6.45) is 3.79. The normalized spacial score (nSPS) is 18.7. The highest BCUT2D eigenvalue weighted by molar-refractivity contribution is 5.43. The molecule has 9 heteroatoms. The Balaban J connectivity index is 1.37. The van der Waals surface area contributed by atoms with Crippen molar-refractivity contribution in [3.63, 3.8) is 0 Å². The van der Waals surface area contributed by atoms with Crippen molar-refractivity contribution in [1.82, 2.24) is 14.7 Å². The van der Waals surface area contributed by atoms with Crippen LogP contribution in [0.25, 0.3) is 0 Å². The van der Waals surface area contributed by atoms with Crippen molar-refractivity contribution < 1.29 is 28.4 Å². The molecule has 188 valence electrons. The molecular formula is C26H32FN3O5. The number of aliphatic hydroxyl groups is 1. The lowest BCUT2D eigenvalue weighted by Gasteiger charge is -2.30. The van der Waals surface area contributed by atoms with Gasteiger partial charge in [0.1, 0.15) is 30.4 Å². The molecule has 1 N–H and O–H groups in total. The molecule has 4 rings (SSSR count). The van der Waals surface area contributed by atoms with Gasteiger partial charge < -0.3 is 24.1 Å². The van der Waals surface area contributed by atoms with Crippen LogP contribution in [0.1, 0.15) is 11.1 Å². The minimum Gasteiger partial charge on any atom is -0.493 e.